The van der Waals surface area contributed by atoms with Gasteiger partial charge < -0.3 is 5.32 Å². The van der Waals surface area contributed by atoms with Gasteiger partial charge in [0.25, 0.3) is 0 Å². The van der Waals surface area contributed by atoms with E-state index in [-0.39, 0.29) is 0 Å². The highest BCUT2D eigenvalue weighted by atomic mass is 14.9. The quantitative estimate of drug-likeness (QED) is 0.796. The molecule has 1 aromatic carbocycles. The Labute approximate surface area is 92.9 Å². The maximum Gasteiger partial charge on any atom is -0.00173 e. The van der Waals surface area contributed by atoms with E-state index in [1.165, 1.54) is 37.9 Å². The first-order valence-corrected chi connectivity index (χ1v) is 6.17. The summed E-state index contributed by atoms with van der Waals surface area (Å²) < 4.78 is 0. The van der Waals surface area contributed by atoms with Crippen LogP contribution in [0.15, 0.2) is 24.3 Å². The van der Waals surface area contributed by atoms with E-state index < -0.39 is 0 Å². The monoisotopic (exact) mass is 203 g/mol. The lowest BCUT2D eigenvalue weighted by Crippen LogP contribution is -2.31. The van der Waals surface area contributed by atoms with E-state index in [1.807, 2.05) is 0 Å². The molecule has 0 saturated carbocycles. The van der Waals surface area contributed by atoms with E-state index in [4.69, 9.17) is 0 Å². The van der Waals surface area contributed by atoms with Crippen molar-refractivity contribution >= 4 is 0 Å². The summed E-state index contributed by atoms with van der Waals surface area (Å²) in [5, 5.41) is 3.49. The molecule has 1 fully saturated rings. The summed E-state index contributed by atoms with van der Waals surface area (Å²) >= 11 is 0. The number of hydrogen-bond acceptors (Lipinski definition) is 1. The highest BCUT2D eigenvalue weighted by Gasteiger charge is 2.14. The van der Waals surface area contributed by atoms with Crippen LogP contribution in [0.3, 0.4) is 0 Å². The second-order valence-electron chi connectivity index (χ2n) is 4.54. The number of benzene rings is 1. The summed E-state index contributed by atoms with van der Waals surface area (Å²) in [4.78, 5) is 0. The minimum Gasteiger partial charge on any atom is -0.316 e. The molecule has 0 amide bonds. The number of aryl methyl sites for hydroxylation is 1. The zero-order valence-corrected chi connectivity index (χ0v) is 9.63. The zero-order chi connectivity index (χ0) is 10.5. The normalized spacial score (nSPS) is 21.5. The van der Waals surface area contributed by atoms with Gasteiger partial charge in [0, 0.05) is 0 Å². The molecule has 1 heteroatoms. The van der Waals surface area contributed by atoms with Crippen LogP contribution in [0.1, 0.15) is 30.9 Å². The van der Waals surface area contributed by atoms with Gasteiger partial charge in [-0.1, -0.05) is 31.2 Å². The summed E-state index contributed by atoms with van der Waals surface area (Å²) in [6, 6.07) is 8.89. The fraction of sp³-hybridized carbons (Fsp3) is 0.571. The van der Waals surface area contributed by atoms with Crippen molar-refractivity contribution in [2.24, 2.45) is 5.92 Å². The fourth-order valence-corrected chi connectivity index (χ4v) is 2.51. The molecule has 1 saturated heterocycles. The van der Waals surface area contributed by atoms with Crippen LogP contribution < -0.4 is 5.32 Å². The second-order valence-corrected chi connectivity index (χ2v) is 4.54. The first-order chi connectivity index (χ1) is 7.40. The molecule has 15 heavy (non-hydrogen) atoms. The van der Waals surface area contributed by atoms with Crippen molar-refractivity contribution in [3.63, 3.8) is 0 Å². The van der Waals surface area contributed by atoms with Crippen molar-refractivity contribution in [3.8, 4) is 0 Å². The van der Waals surface area contributed by atoms with Gasteiger partial charge in [-0.15, -0.1) is 0 Å². The van der Waals surface area contributed by atoms with Crippen LogP contribution in [0.5, 0.6) is 0 Å². The largest absolute Gasteiger partial charge is 0.316 e. The van der Waals surface area contributed by atoms with Gasteiger partial charge in [0.1, 0.15) is 0 Å². The van der Waals surface area contributed by atoms with E-state index in [0.29, 0.717) is 0 Å². The van der Waals surface area contributed by atoms with Gasteiger partial charge in [-0.25, -0.2) is 0 Å². The van der Waals surface area contributed by atoms with E-state index in [9.17, 15) is 0 Å². The zero-order valence-electron chi connectivity index (χ0n) is 9.63. The standard InChI is InChI=1S/C14H21N/c1-2-13-7-3-4-8-14(13)10-12-6-5-9-15-11-12/h3-4,7-8,12,15H,2,5-6,9-11H2,1H3. The molecule has 1 aromatic rings. The Hall–Kier alpha value is -0.820. The van der Waals surface area contributed by atoms with Gasteiger partial charge in [-0.05, 0) is 55.8 Å². The number of hydrogen-bond donors (Lipinski definition) is 1. The Kier molecular flexibility index (Phi) is 3.79. The van der Waals surface area contributed by atoms with Gasteiger partial charge in [0.2, 0.25) is 0 Å². The summed E-state index contributed by atoms with van der Waals surface area (Å²) in [5.41, 5.74) is 3.09. The van der Waals surface area contributed by atoms with Gasteiger partial charge in [0.15, 0.2) is 0 Å². The van der Waals surface area contributed by atoms with Crippen LogP contribution in [0.25, 0.3) is 0 Å². The molecule has 0 spiro atoms. The third-order valence-electron chi connectivity index (χ3n) is 3.41. The lowest BCUT2D eigenvalue weighted by atomic mass is 9.90. The molecule has 1 N–H and O–H groups in total. The number of nitrogens with one attached hydrogen (secondary N) is 1. The Balaban J connectivity index is 2.02. The summed E-state index contributed by atoms with van der Waals surface area (Å²) in [7, 11) is 0. The van der Waals surface area contributed by atoms with Crippen molar-refractivity contribution in [2.75, 3.05) is 13.1 Å². The molecular formula is C14H21N. The molecule has 1 heterocycles. The van der Waals surface area contributed by atoms with E-state index in [2.05, 4.69) is 36.5 Å². The minimum absolute atomic E-state index is 0.853. The van der Waals surface area contributed by atoms with Crippen molar-refractivity contribution in [1.82, 2.24) is 5.32 Å². The summed E-state index contributed by atoms with van der Waals surface area (Å²) in [6.45, 7) is 4.67. The summed E-state index contributed by atoms with van der Waals surface area (Å²) in [6.07, 6.45) is 5.16. The lowest BCUT2D eigenvalue weighted by molar-refractivity contribution is 0.375. The Bertz CT molecular complexity index is 300. The van der Waals surface area contributed by atoms with Gasteiger partial charge in [-0.3, -0.25) is 0 Å². The molecule has 1 unspecified atom stereocenters. The molecule has 82 valence electrons. The predicted molar refractivity (Wildman–Crippen MR) is 65.1 cm³/mol. The first kappa shape index (κ1) is 10.7. The van der Waals surface area contributed by atoms with Crippen molar-refractivity contribution in [1.29, 1.82) is 0 Å². The highest BCUT2D eigenvalue weighted by molar-refractivity contribution is 5.27. The van der Waals surface area contributed by atoms with Crippen LogP contribution in [0.2, 0.25) is 0 Å². The third kappa shape index (κ3) is 2.82. The SMILES string of the molecule is CCc1ccccc1CC1CCCNC1. The molecular weight excluding hydrogens is 182 g/mol. The van der Waals surface area contributed by atoms with Crippen LogP contribution in [-0.2, 0) is 12.8 Å². The predicted octanol–water partition coefficient (Wildman–Crippen LogP) is 2.79. The third-order valence-corrected chi connectivity index (χ3v) is 3.41. The minimum atomic E-state index is 0.853. The molecule has 1 aliphatic rings. The van der Waals surface area contributed by atoms with Crippen molar-refractivity contribution in [3.05, 3.63) is 35.4 Å². The molecule has 0 bridgehead atoms. The van der Waals surface area contributed by atoms with Crippen LogP contribution in [-0.4, -0.2) is 13.1 Å². The lowest BCUT2D eigenvalue weighted by Gasteiger charge is -2.23. The molecule has 0 aliphatic carbocycles. The average molecular weight is 203 g/mol. The summed E-state index contributed by atoms with van der Waals surface area (Å²) in [5.74, 6) is 0.853. The Morgan fingerprint density at radius 3 is 2.73 bits per heavy atom. The topological polar surface area (TPSA) is 12.0 Å². The van der Waals surface area contributed by atoms with Crippen molar-refractivity contribution < 1.29 is 0 Å². The molecule has 2 rings (SSSR count). The maximum absolute atomic E-state index is 3.49. The van der Waals surface area contributed by atoms with Gasteiger partial charge in [-0.2, -0.15) is 0 Å². The molecule has 1 nitrogen and oxygen atoms in total. The van der Waals surface area contributed by atoms with E-state index in [0.717, 1.165) is 12.3 Å². The smallest absolute Gasteiger partial charge is 0.00173 e. The van der Waals surface area contributed by atoms with Crippen LogP contribution >= 0.6 is 0 Å². The van der Waals surface area contributed by atoms with Gasteiger partial charge in [0.05, 0.1) is 0 Å². The molecule has 0 aromatic heterocycles. The first-order valence-electron chi connectivity index (χ1n) is 6.17. The second kappa shape index (κ2) is 5.32. The number of piperidine rings is 1. The van der Waals surface area contributed by atoms with Gasteiger partial charge >= 0.3 is 0 Å². The molecule has 1 atom stereocenters. The van der Waals surface area contributed by atoms with E-state index >= 15 is 0 Å². The van der Waals surface area contributed by atoms with Crippen LogP contribution in [0.4, 0.5) is 0 Å². The Morgan fingerprint density at radius 1 is 1.27 bits per heavy atom. The maximum atomic E-state index is 3.49. The van der Waals surface area contributed by atoms with Crippen LogP contribution in [0, 0.1) is 5.92 Å². The fourth-order valence-electron chi connectivity index (χ4n) is 2.51. The highest BCUT2D eigenvalue weighted by Crippen LogP contribution is 2.19. The van der Waals surface area contributed by atoms with Crippen molar-refractivity contribution in [2.45, 2.75) is 32.6 Å². The Morgan fingerprint density at radius 2 is 2.07 bits per heavy atom. The number of rotatable bonds is 3. The van der Waals surface area contributed by atoms with E-state index in [1.54, 1.807) is 5.56 Å². The average Bonchev–Trinajstić information content (AvgIpc) is 2.31. The molecule has 0 radical (unpaired) electrons. The molecule has 1 aliphatic heterocycles.